The monoisotopic (exact) mass is 222 g/mol. The second-order valence-corrected chi connectivity index (χ2v) is 3.27. The molecule has 0 spiro atoms. The first kappa shape index (κ1) is 11.2. The summed E-state index contributed by atoms with van der Waals surface area (Å²) in [6.07, 6.45) is 0. The molecule has 1 aromatic carbocycles. The summed E-state index contributed by atoms with van der Waals surface area (Å²) in [7, 11) is -0.805. The molecule has 0 amide bonds. The highest BCUT2D eigenvalue weighted by molar-refractivity contribution is 6.47. The number of aliphatic hydroxyl groups is 2. The molecule has 0 atom stereocenters. The van der Waals surface area contributed by atoms with Gasteiger partial charge in [-0.1, -0.05) is 0 Å². The van der Waals surface area contributed by atoms with E-state index in [0.29, 0.717) is 12.1 Å². The van der Waals surface area contributed by atoms with Crippen molar-refractivity contribution in [2.24, 2.45) is 0 Å². The Morgan fingerprint density at radius 3 is 2.21 bits per heavy atom. The van der Waals surface area contributed by atoms with Gasteiger partial charge in [-0.05, 0) is 6.07 Å². The topological polar surface area (TPSA) is 49.7 Å². The van der Waals surface area contributed by atoms with Crippen LogP contribution in [0.4, 0.5) is 13.2 Å². The van der Waals surface area contributed by atoms with Crippen molar-refractivity contribution < 1.29 is 27.8 Å². The van der Waals surface area contributed by atoms with Gasteiger partial charge in [0.15, 0.2) is 11.6 Å². The number of benzene rings is 1. The van der Waals surface area contributed by atoms with Gasteiger partial charge in [-0.2, -0.15) is 0 Å². The smallest absolute Gasteiger partial charge is 0.278 e. The van der Waals surface area contributed by atoms with Crippen LogP contribution in [-0.2, 0) is 4.43 Å². The minimum atomic E-state index is -2.07. The van der Waals surface area contributed by atoms with Gasteiger partial charge in [0.1, 0.15) is 5.82 Å². The highest BCUT2D eigenvalue weighted by Gasteiger charge is 2.12. The summed E-state index contributed by atoms with van der Waals surface area (Å²) in [5.41, 5.74) is 0. The largest absolute Gasteiger partial charge is 0.366 e. The number of hydrogen-bond acceptors (Lipinski definition) is 3. The van der Waals surface area contributed by atoms with Gasteiger partial charge in [0.2, 0.25) is 0 Å². The molecule has 76 valence electrons. The molecular weight excluding hydrogens is 217 g/mol. The quantitative estimate of drug-likeness (QED) is 0.417. The molecule has 0 unspecified atom stereocenters. The lowest BCUT2D eigenvalue weighted by Gasteiger charge is -2.05. The van der Waals surface area contributed by atoms with Gasteiger partial charge in [0.05, 0.1) is 0 Å². The van der Waals surface area contributed by atoms with Gasteiger partial charge in [0, 0.05) is 11.3 Å². The Morgan fingerprint density at radius 1 is 1.07 bits per heavy atom. The highest BCUT2D eigenvalue weighted by atomic mass is 28.2. The second kappa shape index (κ2) is 4.56. The molecule has 7 heteroatoms. The lowest BCUT2D eigenvalue weighted by Crippen LogP contribution is -2.27. The minimum Gasteiger partial charge on any atom is -0.366 e. The fourth-order valence-electron chi connectivity index (χ4n) is 0.717. The molecule has 0 fully saturated rings. The van der Waals surface area contributed by atoms with Gasteiger partial charge in [-0.25, -0.2) is 13.2 Å². The van der Waals surface area contributed by atoms with E-state index in [1.54, 1.807) is 0 Å². The average molecular weight is 222 g/mol. The fourth-order valence-corrected chi connectivity index (χ4v) is 1.30. The summed E-state index contributed by atoms with van der Waals surface area (Å²) in [5, 5.41) is 16.3. The van der Waals surface area contributed by atoms with Crippen LogP contribution >= 0.6 is 0 Å². The molecule has 0 aliphatic rings. The van der Waals surface area contributed by atoms with E-state index >= 15 is 0 Å². The standard InChI is InChI=1S/C7H5F3O3Si/c8-3-1-5(10)6(2-4(3)9)14-13-7(11)12/h1-2,7,11-12H. The van der Waals surface area contributed by atoms with E-state index in [4.69, 9.17) is 10.2 Å². The molecule has 1 rings (SSSR count). The molecule has 0 aliphatic carbocycles. The van der Waals surface area contributed by atoms with E-state index in [9.17, 15) is 13.2 Å². The van der Waals surface area contributed by atoms with Crippen molar-refractivity contribution in [3.63, 3.8) is 0 Å². The number of rotatable bonds is 3. The number of halogens is 3. The van der Waals surface area contributed by atoms with E-state index in [1.165, 1.54) is 0 Å². The van der Waals surface area contributed by atoms with Crippen molar-refractivity contribution in [1.29, 1.82) is 0 Å². The molecular formula is C7H5F3O3Si. The molecule has 0 saturated carbocycles. The van der Waals surface area contributed by atoms with E-state index in [2.05, 4.69) is 4.43 Å². The third kappa shape index (κ3) is 2.81. The molecule has 2 radical (unpaired) electrons. The van der Waals surface area contributed by atoms with Crippen LogP contribution in [0.15, 0.2) is 12.1 Å². The maximum absolute atomic E-state index is 12.8. The van der Waals surface area contributed by atoms with E-state index in [0.717, 1.165) is 0 Å². The third-order valence-electron chi connectivity index (χ3n) is 1.28. The lowest BCUT2D eigenvalue weighted by atomic mass is 10.3. The van der Waals surface area contributed by atoms with Crippen molar-refractivity contribution in [2.75, 3.05) is 0 Å². The normalized spacial score (nSPS) is 11.0. The highest BCUT2D eigenvalue weighted by Crippen LogP contribution is 2.05. The summed E-state index contributed by atoms with van der Waals surface area (Å²) in [6.45, 7) is -2.07. The van der Waals surface area contributed by atoms with Crippen molar-refractivity contribution >= 4 is 14.9 Å². The molecule has 2 N–H and O–H groups in total. The van der Waals surface area contributed by atoms with Gasteiger partial charge < -0.3 is 14.6 Å². The van der Waals surface area contributed by atoms with Crippen LogP contribution in [0.5, 0.6) is 0 Å². The van der Waals surface area contributed by atoms with Gasteiger partial charge in [0.25, 0.3) is 16.2 Å². The van der Waals surface area contributed by atoms with E-state index < -0.39 is 33.7 Å². The zero-order chi connectivity index (χ0) is 10.7. The third-order valence-corrected chi connectivity index (χ3v) is 2.22. The maximum atomic E-state index is 12.8. The molecule has 0 aliphatic heterocycles. The van der Waals surface area contributed by atoms with Crippen molar-refractivity contribution in [3.8, 4) is 0 Å². The van der Waals surface area contributed by atoms with Crippen LogP contribution in [0.1, 0.15) is 0 Å². The molecule has 0 bridgehead atoms. The Labute approximate surface area is 79.7 Å². The van der Waals surface area contributed by atoms with Crippen LogP contribution < -0.4 is 5.19 Å². The Bertz CT molecular complexity index is 332. The predicted octanol–water partition coefficient (Wildman–Crippen LogP) is -0.367. The van der Waals surface area contributed by atoms with Gasteiger partial charge >= 0.3 is 0 Å². The molecule has 1 aromatic rings. The van der Waals surface area contributed by atoms with Gasteiger partial charge in [-0.3, -0.25) is 0 Å². The average Bonchev–Trinajstić information content (AvgIpc) is 2.09. The predicted molar refractivity (Wildman–Crippen MR) is 41.0 cm³/mol. The maximum Gasteiger partial charge on any atom is 0.278 e. The molecule has 14 heavy (non-hydrogen) atoms. The fraction of sp³-hybridized carbons (Fsp3) is 0.143. The Hall–Kier alpha value is -0.893. The van der Waals surface area contributed by atoms with Crippen molar-refractivity contribution in [3.05, 3.63) is 29.6 Å². The number of hydrogen-bond donors (Lipinski definition) is 2. The second-order valence-electron chi connectivity index (χ2n) is 2.29. The first-order chi connectivity index (χ1) is 6.50. The van der Waals surface area contributed by atoms with Crippen molar-refractivity contribution in [1.82, 2.24) is 0 Å². The molecule has 0 aromatic heterocycles. The van der Waals surface area contributed by atoms with E-state index in [-0.39, 0.29) is 5.19 Å². The van der Waals surface area contributed by atoms with E-state index in [1.807, 2.05) is 0 Å². The zero-order valence-electron chi connectivity index (χ0n) is 6.67. The Balaban J connectivity index is 2.82. The van der Waals surface area contributed by atoms with Crippen LogP contribution in [0.3, 0.4) is 0 Å². The number of aliphatic hydroxyl groups excluding tert-OH is 1. The molecule has 0 saturated heterocycles. The summed E-state index contributed by atoms with van der Waals surface area (Å²) >= 11 is 0. The first-order valence-electron chi connectivity index (χ1n) is 3.43. The summed E-state index contributed by atoms with van der Waals surface area (Å²) < 4.78 is 42.0. The van der Waals surface area contributed by atoms with Crippen LogP contribution in [0, 0.1) is 17.5 Å². The summed E-state index contributed by atoms with van der Waals surface area (Å²) in [6, 6.07) is 0.969. The SMILES string of the molecule is OC(O)O[Si]c1cc(F)c(F)cc1F. The summed E-state index contributed by atoms with van der Waals surface area (Å²) in [4.78, 5) is 0. The van der Waals surface area contributed by atoms with Crippen LogP contribution in [-0.4, -0.2) is 26.5 Å². The van der Waals surface area contributed by atoms with Crippen molar-refractivity contribution in [2.45, 2.75) is 6.48 Å². The summed E-state index contributed by atoms with van der Waals surface area (Å²) in [5.74, 6) is -3.52. The Kier molecular flexibility index (Phi) is 3.64. The Morgan fingerprint density at radius 2 is 1.64 bits per heavy atom. The zero-order valence-corrected chi connectivity index (χ0v) is 7.67. The minimum absolute atomic E-state index is 0.267. The van der Waals surface area contributed by atoms with Crippen LogP contribution in [0.2, 0.25) is 0 Å². The van der Waals surface area contributed by atoms with Gasteiger partial charge in [-0.15, -0.1) is 0 Å². The molecule has 3 nitrogen and oxygen atoms in total. The molecule has 0 heterocycles. The lowest BCUT2D eigenvalue weighted by molar-refractivity contribution is -0.179. The first-order valence-corrected chi connectivity index (χ1v) is 4.34. The van der Waals surface area contributed by atoms with Crippen LogP contribution in [0.25, 0.3) is 0 Å².